The Balaban J connectivity index is 2.74. The summed E-state index contributed by atoms with van der Waals surface area (Å²) in [5.74, 6) is 0.848. The van der Waals surface area contributed by atoms with Crippen molar-refractivity contribution in [3.8, 4) is 5.75 Å². The first kappa shape index (κ1) is 10.9. The Bertz CT molecular complexity index is 518. The predicted octanol–water partition coefficient (Wildman–Crippen LogP) is 0.787. The second kappa shape index (κ2) is 4.09. The van der Waals surface area contributed by atoms with E-state index >= 15 is 0 Å². The number of methoxy groups -OCH3 is 1. The Morgan fingerprint density at radius 3 is 2.88 bits per heavy atom. The lowest BCUT2D eigenvalue weighted by atomic mass is 10.1. The number of rotatable bonds is 3. The molecule has 0 atom stereocenters. The topological polar surface area (TPSA) is 66.0 Å². The van der Waals surface area contributed by atoms with Gasteiger partial charge in [-0.05, 0) is 19.9 Å². The maximum Gasteiger partial charge on any atom is 0.161 e. The van der Waals surface area contributed by atoms with Crippen molar-refractivity contribution in [3.05, 3.63) is 17.5 Å². The molecular weight excluding hydrogens is 204 g/mol. The summed E-state index contributed by atoms with van der Waals surface area (Å²) >= 11 is 0. The molecule has 0 saturated heterocycles. The lowest BCUT2D eigenvalue weighted by Crippen LogP contribution is -2.05. The number of nitrogens with two attached hydrogens (primary N) is 1. The van der Waals surface area contributed by atoms with Crippen LogP contribution in [0, 0.1) is 6.92 Å². The van der Waals surface area contributed by atoms with Gasteiger partial charge in [-0.1, -0.05) is 0 Å². The maximum atomic E-state index is 5.57. The molecule has 0 amide bonds. The van der Waals surface area contributed by atoms with Gasteiger partial charge in [0.05, 0.1) is 18.2 Å². The number of aromatic nitrogens is 3. The lowest BCUT2D eigenvalue weighted by Gasteiger charge is -2.08. The minimum absolute atomic E-state index is 0.586. The van der Waals surface area contributed by atoms with Crippen molar-refractivity contribution >= 4 is 11.0 Å². The predicted molar refractivity (Wildman–Crippen MR) is 62.6 cm³/mol. The van der Waals surface area contributed by atoms with Crippen LogP contribution in [0.2, 0.25) is 0 Å². The molecule has 2 heterocycles. The zero-order valence-corrected chi connectivity index (χ0v) is 9.82. The van der Waals surface area contributed by atoms with Crippen LogP contribution in [0.5, 0.6) is 5.75 Å². The van der Waals surface area contributed by atoms with Gasteiger partial charge in [-0.3, -0.25) is 4.68 Å². The molecule has 0 bridgehead atoms. The fourth-order valence-corrected chi connectivity index (χ4v) is 1.98. The van der Waals surface area contributed by atoms with Crippen LogP contribution in [0.3, 0.4) is 0 Å². The van der Waals surface area contributed by atoms with E-state index in [1.807, 2.05) is 20.2 Å². The van der Waals surface area contributed by atoms with Crippen LogP contribution < -0.4 is 10.5 Å². The number of aryl methyl sites for hydroxylation is 2. The van der Waals surface area contributed by atoms with Crippen molar-refractivity contribution in [2.24, 2.45) is 12.8 Å². The van der Waals surface area contributed by atoms with E-state index in [0.717, 1.165) is 34.5 Å². The average molecular weight is 220 g/mol. The van der Waals surface area contributed by atoms with Gasteiger partial charge in [-0.25, -0.2) is 4.98 Å². The average Bonchev–Trinajstić information content (AvgIpc) is 2.55. The van der Waals surface area contributed by atoms with Gasteiger partial charge in [0.2, 0.25) is 0 Å². The molecule has 5 nitrogen and oxygen atoms in total. The Hall–Kier alpha value is -1.62. The second-order valence-electron chi connectivity index (χ2n) is 3.76. The van der Waals surface area contributed by atoms with Gasteiger partial charge in [-0.2, -0.15) is 5.10 Å². The summed E-state index contributed by atoms with van der Waals surface area (Å²) in [6, 6.07) is 0. The SMILES string of the molecule is COc1c(CCN)cnc2c1c(C)nn2C. The normalized spacial score (nSPS) is 11.0. The van der Waals surface area contributed by atoms with Gasteiger partial charge in [0.1, 0.15) is 5.75 Å². The van der Waals surface area contributed by atoms with Crippen LogP contribution in [0.1, 0.15) is 11.3 Å². The van der Waals surface area contributed by atoms with E-state index < -0.39 is 0 Å². The number of pyridine rings is 1. The van der Waals surface area contributed by atoms with Crippen LogP contribution in [-0.2, 0) is 13.5 Å². The van der Waals surface area contributed by atoms with Crippen molar-refractivity contribution in [3.63, 3.8) is 0 Å². The minimum atomic E-state index is 0.586. The molecule has 16 heavy (non-hydrogen) atoms. The fraction of sp³-hybridized carbons (Fsp3) is 0.455. The van der Waals surface area contributed by atoms with Crippen LogP contribution >= 0.6 is 0 Å². The summed E-state index contributed by atoms with van der Waals surface area (Å²) in [6.07, 6.45) is 2.58. The minimum Gasteiger partial charge on any atom is -0.496 e. The van der Waals surface area contributed by atoms with Gasteiger partial charge in [0.25, 0.3) is 0 Å². The first-order valence-corrected chi connectivity index (χ1v) is 5.24. The molecule has 0 spiro atoms. The highest BCUT2D eigenvalue weighted by atomic mass is 16.5. The van der Waals surface area contributed by atoms with E-state index in [4.69, 9.17) is 10.5 Å². The molecule has 2 N–H and O–H groups in total. The number of hydrogen-bond acceptors (Lipinski definition) is 4. The molecule has 2 aromatic heterocycles. The monoisotopic (exact) mass is 220 g/mol. The molecular formula is C11H16N4O. The number of fused-ring (bicyclic) bond motifs is 1. The molecule has 86 valence electrons. The van der Waals surface area contributed by atoms with E-state index in [-0.39, 0.29) is 0 Å². The lowest BCUT2D eigenvalue weighted by molar-refractivity contribution is 0.414. The Labute approximate surface area is 94.2 Å². The Kier molecular flexibility index (Phi) is 2.78. The summed E-state index contributed by atoms with van der Waals surface area (Å²) in [7, 11) is 3.55. The molecule has 0 aliphatic rings. The first-order chi connectivity index (χ1) is 7.69. The van der Waals surface area contributed by atoms with Crippen LogP contribution in [0.25, 0.3) is 11.0 Å². The highest BCUT2D eigenvalue weighted by molar-refractivity contribution is 5.86. The van der Waals surface area contributed by atoms with Gasteiger partial charge in [-0.15, -0.1) is 0 Å². The Morgan fingerprint density at radius 2 is 2.25 bits per heavy atom. The molecule has 2 aromatic rings. The second-order valence-corrected chi connectivity index (χ2v) is 3.76. The summed E-state index contributed by atoms with van der Waals surface area (Å²) < 4.78 is 7.22. The Morgan fingerprint density at radius 1 is 1.50 bits per heavy atom. The molecule has 0 saturated carbocycles. The van der Waals surface area contributed by atoms with Crippen LogP contribution in [0.4, 0.5) is 0 Å². The third kappa shape index (κ3) is 1.53. The van der Waals surface area contributed by atoms with Crippen molar-refractivity contribution in [1.82, 2.24) is 14.8 Å². The van der Waals surface area contributed by atoms with Crippen LogP contribution in [-0.4, -0.2) is 28.4 Å². The summed E-state index contributed by atoms with van der Waals surface area (Å²) in [4.78, 5) is 4.39. The third-order valence-electron chi connectivity index (χ3n) is 2.67. The van der Waals surface area contributed by atoms with E-state index in [1.165, 1.54) is 0 Å². The number of hydrogen-bond donors (Lipinski definition) is 1. The molecule has 0 unspecified atom stereocenters. The molecule has 5 heteroatoms. The summed E-state index contributed by atoms with van der Waals surface area (Å²) in [6.45, 7) is 2.54. The van der Waals surface area contributed by atoms with Gasteiger partial charge in [0.15, 0.2) is 5.65 Å². The zero-order valence-electron chi connectivity index (χ0n) is 9.82. The first-order valence-electron chi connectivity index (χ1n) is 5.24. The number of ether oxygens (including phenoxy) is 1. The van der Waals surface area contributed by atoms with E-state index in [2.05, 4.69) is 10.1 Å². The quantitative estimate of drug-likeness (QED) is 0.830. The fourth-order valence-electron chi connectivity index (χ4n) is 1.98. The highest BCUT2D eigenvalue weighted by Crippen LogP contribution is 2.30. The molecule has 0 fully saturated rings. The molecule has 0 aromatic carbocycles. The standard InChI is InChI=1S/C11H16N4O/c1-7-9-10(16-3)8(4-5-12)6-13-11(9)15(2)14-7/h6H,4-5,12H2,1-3H3. The smallest absolute Gasteiger partial charge is 0.161 e. The van der Waals surface area contributed by atoms with Crippen molar-refractivity contribution in [2.75, 3.05) is 13.7 Å². The van der Waals surface area contributed by atoms with Gasteiger partial charge in [0, 0.05) is 18.8 Å². The maximum absolute atomic E-state index is 5.57. The molecule has 2 rings (SSSR count). The van der Waals surface area contributed by atoms with Crippen molar-refractivity contribution in [1.29, 1.82) is 0 Å². The largest absolute Gasteiger partial charge is 0.496 e. The van der Waals surface area contributed by atoms with Gasteiger partial charge >= 0.3 is 0 Å². The summed E-state index contributed by atoms with van der Waals surface area (Å²) in [5.41, 5.74) is 8.38. The van der Waals surface area contributed by atoms with Crippen molar-refractivity contribution in [2.45, 2.75) is 13.3 Å². The highest BCUT2D eigenvalue weighted by Gasteiger charge is 2.15. The van der Waals surface area contributed by atoms with Crippen molar-refractivity contribution < 1.29 is 4.74 Å². The molecule has 0 aliphatic heterocycles. The van der Waals surface area contributed by atoms with E-state index in [1.54, 1.807) is 11.8 Å². The molecule has 0 aliphatic carbocycles. The third-order valence-corrected chi connectivity index (χ3v) is 2.67. The van der Waals surface area contributed by atoms with E-state index in [0.29, 0.717) is 6.54 Å². The van der Waals surface area contributed by atoms with Gasteiger partial charge < -0.3 is 10.5 Å². The zero-order chi connectivity index (χ0) is 11.7. The molecule has 0 radical (unpaired) electrons. The van der Waals surface area contributed by atoms with Crippen LogP contribution in [0.15, 0.2) is 6.20 Å². The summed E-state index contributed by atoms with van der Waals surface area (Å²) in [5, 5.41) is 5.33. The number of nitrogens with zero attached hydrogens (tertiary/aromatic N) is 3. The van der Waals surface area contributed by atoms with E-state index in [9.17, 15) is 0 Å².